The number of nitrogens with one attached hydrogen (secondary N) is 2. The molecule has 1 aromatic carbocycles. The first kappa shape index (κ1) is 11.6. The van der Waals surface area contributed by atoms with Gasteiger partial charge in [0.2, 0.25) is 0 Å². The van der Waals surface area contributed by atoms with E-state index in [4.69, 9.17) is 0 Å². The minimum atomic E-state index is 0.452. The summed E-state index contributed by atoms with van der Waals surface area (Å²) in [5.41, 5.74) is 2.80. The average molecular weight is 218 g/mol. The van der Waals surface area contributed by atoms with Gasteiger partial charge in [-0.05, 0) is 24.0 Å². The van der Waals surface area contributed by atoms with Crippen molar-refractivity contribution in [2.75, 3.05) is 13.1 Å². The smallest absolute Gasteiger partial charge is 0.0322 e. The number of benzene rings is 1. The zero-order valence-corrected chi connectivity index (χ0v) is 10.5. The fraction of sp³-hybridized carbons (Fsp3) is 0.571. The molecule has 1 aromatic rings. The van der Waals surface area contributed by atoms with E-state index in [1.54, 1.807) is 0 Å². The molecule has 2 nitrogen and oxygen atoms in total. The Hall–Kier alpha value is -0.860. The van der Waals surface area contributed by atoms with Crippen LogP contribution in [0.3, 0.4) is 0 Å². The van der Waals surface area contributed by atoms with Crippen LogP contribution in [-0.2, 0) is 0 Å². The molecule has 0 radical (unpaired) electrons. The summed E-state index contributed by atoms with van der Waals surface area (Å²) < 4.78 is 0. The van der Waals surface area contributed by atoms with E-state index < -0.39 is 0 Å². The van der Waals surface area contributed by atoms with Crippen molar-refractivity contribution < 1.29 is 0 Å². The van der Waals surface area contributed by atoms with Gasteiger partial charge in [-0.3, -0.25) is 0 Å². The molecule has 0 spiro atoms. The number of hydrogen-bond acceptors (Lipinski definition) is 2. The lowest BCUT2D eigenvalue weighted by atomic mass is 9.99. The maximum Gasteiger partial charge on any atom is 0.0322 e. The molecule has 0 aliphatic carbocycles. The van der Waals surface area contributed by atoms with Crippen LogP contribution in [0.4, 0.5) is 0 Å². The highest BCUT2D eigenvalue weighted by Crippen LogP contribution is 2.19. The Balaban J connectivity index is 1.97. The molecule has 16 heavy (non-hydrogen) atoms. The fourth-order valence-electron chi connectivity index (χ4n) is 2.03. The van der Waals surface area contributed by atoms with Gasteiger partial charge in [0.15, 0.2) is 0 Å². The summed E-state index contributed by atoms with van der Waals surface area (Å²) in [5.74, 6) is 0.619. The molecular formula is C14H22N2. The van der Waals surface area contributed by atoms with Gasteiger partial charge in [0.05, 0.1) is 0 Å². The predicted molar refractivity (Wildman–Crippen MR) is 68.7 cm³/mol. The summed E-state index contributed by atoms with van der Waals surface area (Å²) in [5, 5.41) is 6.90. The van der Waals surface area contributed by atoms with Gasteiger partial charge in [0.25, 0.3) is 0 Å². The van der Waals surface area contributed by atoms with Gasteiger partial charge in [-0.25, -0.2) is 0 Å². The minimum Gasteiger partial charge on any atom is -0.314 e. The summed E-state index contributed by atoms with van der Waals surface area (Å²) in [7, 11) is 0. The lowest BCUT2D eigenvalue weighted by molar-refractivity contribution is 0.338. The van der Waals surface area contributed by atoms with Crippen LogP contribution in [0.5, 0.6) is 0 Å². The van der Waals surface area contributed by atoms with Crippen LogP contribution < -0.4 is 10.6 Å². The normalized spacial score (nSPS) is 18.5. The van der Waals surface area contributed by atoms with Crippen molar-refractivity contribution in [3.05, 3.63) is 35.4 Å². The molecule has 1 heterocycles. The third-order valence-electron chi connectivity index (χ3n) is 3.37. The topological polar surface area (TPSA) is 24.1 Å². The summed E-state index contributed by atoms with van der Waals surface area (Å²) in [6.07, 6.45) is 0. The van der Waals surface area contributed by atoms with E-state index >= 15 is 0 Å². The zero-order chi connectivity index (χ0) is 11.5. The molecule has 1 aliphatic heterocycles. The molecule has 2 N–H and O–H groups in total. The summed E-state index contributed by atoms with van der Waals surface area (Å²) >= 11 is 0. The molecular weight excluding hydrogens is 196 g/mol. The summed E-state index contributed by atoms with van der Waals surface area (Å²) in [4.78, 5) is 0. The van der Waals surface area contributed by atoms with Crippen LogP contribution in [0.1, 0.15) is 43.9 Å². The van der Waals surface area contributed by atoms with E-state index in [0.29, 0.717) is 18.0 Å². The van der Waals surface area contributed by atoms with E-state index in [1.807, 2.05) is 0 Å². The Morgan fingerprint density at radius 2 is 1.62 bits per heavy atom. The van der Waals surface area contributed by atoms with Crippen molar-refractivity contribution >= 4 is 0 Å². The van der Waals surface area contributed by atoms with Crippen molar-refractivity contribution in [2.45, 2.75) is 38.8 Å². The molecule has 0 bridgehead atoms. The minimum absolute atomic E-state index is 0.452. The van der Waals surface area contributed by atoms with Crippen LogP contribution in [0.15, 0.2) is 24.3 Å². The second kappa shape index (κ2) is 4.98. The van der Waals surface area contributed by atoms with Crippen molar-refractivity contribution in [1.82, 2.24) is 10.6 Å². The monoisotopic (exact) mass is 218 g/mol. The van der Waals surface area contributed by atoms with Gasteiger partial charge in [0, 0.05) is 25.2 Å². The van der Waals surface area contributed by atoms with Gasteiger partial charge in [-0.2, -0.15) is 0 Å². The molecule has 2 heteroatoms. The van der Waals surface area contributed by atoms with Crippen LogP contribution in [0.2, 0.25) is 0 Å². The average Bonchev–Trinajstić information content (AvgIpc) is 2.23. The third-order valence-corrected chi connectivity index (χ3v) is 3.37. The number of rotatable bonds is 4. The van der Waals surface area contributed by atoms with Gasteiger partial charge in [-0.1, -0.05) is 38.1 Å². The molecule has 88 valence electrons. The molecule has 1 fully saturated rings. The summed E-state index contributed by atoms with van der Waals surface area (Å²) in [6, 6.07) is 10.1. The van der Waals surface area contributed by atoms with Gasteiger partial charge >= 0.3 is 0 Å². The van der Waals surface area contributed by atoms with Crippen molar-refractivity contribution in [3.8, 4) is 0 Å². The molecule has 0 saturated carbocycles. The Kier molecular flexibility index (Phi) is 3.62. The van der Waals surface area contributed by atoms with E-state index in [0.717, 1.165) is 13.1 Å². The van der Waals surface area contributed by atoms with Crippen LogP contribution in [0.25, 0.3) is 0 Å². The van der Waals surface area contributed by atoms with Crippen molar-refractivity contribution in [1.29, 1.82) is 0 Å². The molecule has 2 rings (SSSR count). The standard InChI is InChI=1S/C14H22N2/c1-10(2)12-4-6-13(7-5-12)11(3)16-14-8-15-9-14/h4-7,10-11,14-16H,8-9H2,1-3H3. The lowest BCUT2D eigenvalue weighted by Gasteiger charge is -2.31. The first-order valence-electron chi connectivity index (χ1n) is 6.23. The van der Waals surface area contributed by atoms with Crippen LogP contribution >= 0.6 is 0 Å². The predicted octanol–water partition coefficient (Wildman–Crippen LogP) is 2.43. The van der Waals surface area contributed by atoms with Gasteiger partial charge in [0.1, 0.15) is 0 Å². The molecule has 0 aromatic heterocycles. The van der Waals surface area contributed by atoms with E-state index in [9.17, 15) is 0 Å². The first-order valence-corrected chi connectivity index (χ1v) is 6.23. The van der Waals surface area contributed by atoms with Crippen LogP contribution in [0, 0.1) is 0 Å². The highest BCUT2D eigenvalue weighted by atomic mass is 15.1. The zero-order valence-electron chi connectivity index (χ0n) is 10.5. The first-order chi connectivity index (χ1) is 7.66. The summed E-state index contributed by atoms with van der Waals surface area (Å²) in [6.45, 7) is 8.92. The van der Waals surface area contributed by atoms with Crippen LogP contribution in [-0.4, -0.2) is 19.1 Å². The Labute approximate surface area is 98.4 Å². The van der Waals surface area contributed by atoms with Gasteiger partial charge < -0.3 is 10.6 Å². The second-order valence-electron chi connectivity index (χ2n) is 5.06. The third kappa shape index (κ3) is 2.63. The highest BCUT2D eigenvalue weighted by Gasteiger charge is 2.18. The molecule has 0 amide bonds. The Morgan fingerprint density at radius 1 is 1.06 bits per heavy atom. The second-order valence-corrected chi connectivity index (χ2v) is 5.06. The van der Waals surface area contributed by atoms with Crippen molar-refractivity contribution in [2.24, 2.45) is 0 Å². The number of hydrogen-bond donors (Lipinski definition) is 2. The lowest BCUT2D eigenvalue weighted by Crippen LogP contribution is -2.55. The maximum absolute atomic E-state index is 3.62. The van der Waals surface area contributed by atoms with Crippen molar-refractivity contribution in [3.63, 3.8) is 0 Å². The largest absolute Gasteiger partial charge is 0.314 e. The SMILES string of the molecule is CC(C)c1ccc(C(C)NC2CNC2)cc1. The fourth-order valence-corrected chi connectivity index (χ4v) is 2.03. The molecule has 1 saturated heterocycles. The maximum atomic E-state index is 3.62. The van der Waals surface area contributed by atoms with E-state index in [1.165, 1.54) is 11.1 Å². The van der Waals surface area contributed by atoms with E-state index in [-0.39, 0.29) is 0 Å². The Bertz CT molecular complexity index is 325. The molecule has 1 atom stereocenters. The quantitative estimate of drug-likeness (QED) is 0.811. The molecule has 1 unspecified atom stereocenters. The highest BCUT2D eigenvalue weighted by molar-refractivity contribution is 5.26. The van der Waals surface area contributed by atoms with Gasteiger partial charge in [-0.15, -0.1) is 0 Å². The molecule has 1 aliphatic rings. The Morgan fingerprint density at radius 3 is 2.06 bits per heavy atom. The van der Waals surface area contributed by atoms with E-state index in [2.05, 4.69) is 55.7 Å².